The zero-order valence-corrected chi connectivity index (χ0v) is 15.3. The molecule has 1 aliphatic heterocycles. The summed E-state index contributed by atoms with van der Waals surface area (Å²) < 4.78 is 12.1. The first-order valence-electron chi connectivity index (χ1n) is 9.10. The number of rotatable bonds is 5. The molecule has 2 aliphatic rings. The van der Waals surface area contributed by atoms with Gasteiger partial charge in [0, 0.05) is 36.6 Å². The number of carboxylic acids is 1. The van der Waals surface area contributed by atoms with Gasteiger partial charge in [-0.1, -0.05) is 6.42 Å². The lowest BCUT2D eigenvalue weighted by Gasteiger charge is -2.31. The zero-order chi connectivity index (χ0) is 18.8. The number of ether oxygens (including phenoxy) is 2. The predicted octanol–water partition coefficient (Wildman–Crippen LogP) is 3.88. The second-order valence-corrected chi connectivity index (χ2v) is 7.69. The van der Waals surface area contributed by atoms with Gasteiger partial charge in [-0.2, -0.15) is 0 Å². The van der Waals surface area contributed by atoms with Gasteiger partial charge < -0.3 is 25.2 Å². The molecule has 142 valence electrons. The van der Waals surface area contributed by atoms with E-state index in [-0.39, 0.29) is 12.5 Å². The molecule has 1 aliphatic carbocycles. The van der Waals surface area contributed by atoms with Gasteiger partial charge in [-0.05, 0) is 45.2 Å². The number of carbonyl (C=O) groups excluding carboxylic acids is 1. The number of nitrogens with one attached hydrogen (secondary N) is 2. The van der Waals surface area contributed by atoms with Crippen LogP contribution >= 0.6 is 0 Å². The minimum absolute atomic E-state index is 0.000609. The Morgan fingerprint density at radius 2 is 1.85 bits per heavy atom. The fourth-order valence-electron chi connectivity index (χ4n) is 3.42. The molecule has 0 bridgehead atoms. The van der Waals surface area contributed by atoms with Gasteiger partial charge in [0.2, 0.25) is 0 Å². The van der Waals surface area contributed by atoms with Gasteiger partial charge >= 0.3 is 12.0 Å². The zero-order valence-electron chi connectivity index (χ0n) is 15.3. The fourth-order valence-corrected chi connectivity index (χ4v) is 3.42. The van der Waals surface area contributed by atoms with Crippen LogP contribution in [0.4, 0.5) is 10.5 Å². The SMILES string of the molecule is CC(C)(CCC(=O)O)NC(=O)Nc1ccc2c(c1)OC1(CCCCC1)O2. The van der Waals surface area contributed by atoms with Gasteiger partial charge in [0.05, 0.1) is 0 Å². The van der Waals surface area contributed by atoms with Gasteiger partial charge in [0.1, 0.15) is 0 Å². The summed E-state index contributed by atoms with van der Waals surface area (Å²) in [7, 11) is 0. The van der Waals surface area contributed by atoms with Crippen molar-refractivity contribution in [1.29, 1.82) is 0 Å². The summed E-state index contributed by atoms with van der Waals surface area (Å²) in [5.41, 5.74) is -0.0166. The highest BCUT2D eigenvalue weighted by Crippen LogP contribution is 2.46. The largest absolute Gasteiger partial charge is 0.481 e. The second kappa shape index (κ2) is 7.05. The highest BCUT2D eigenvalue weighted by molar-refractivity contribution is 5.90. The first-order chi connectivity index (χ1) is 12.3. The molecule has 0 atom stereocenters. The van der Waals surface area contributed by atoms with E-state index in [9.17, 15) is 9.59 Å². The standard InChI is InChI=1S/C19H26N2O5/c1-18(2,11-8-16(22)23)21-17(24)20-13-6-7-14-15(12-13)26-19(25-14)9-4-3-5-10-19/h6-7,12H,3-5,8-11H2,1-2H3,(H,22,23)(H2,20,21,24). The number of carboxylic acid groups (broad SMARTS) is 1. The van der Waals surface area contributed by atoms with Crippen molar-refractivity contribution in [3.63, 3.8) is 0 Å². The molecule has 1 aromatic carbocycles. The second-order valence-electron chi connectivity index (χ2n) is 7.69. The van der Waals surface area contributed by atoms with Crippen molar-refractivity contribution in [1.82, 2.24) is 5.32 Å². The average Bonchev–Trinajstić information content (AvgIpc) is 2.89. The van der Waals surface area contributed by atoms with E-state index in [1.807, 2.05) is 6.07 Å². The summed E-state index contributed by atoms with van der Waals surface area (Å²) in [6.07, 6.45) is 5.49. The van der Waals surface area contributed by atoms with Crippen LogP contribution < -0.4 is 20.1 Å². The summed E-state index contributed by atoms with van der Waals surface area (Å²) in [5, 5.41) is 14.4. The van der Waals surface area contributed by atoms with Crippen molar-refractivity contribution >= 4 is 17.7 Å². The maximum absolute atomic E-state index is 12.2. The maximum atomic E-state index is 12.2. The van der Waals surface area contributed by atoms with E-state index in [4.69, 9.17) is 14.6 Å². The minimum atomic E-state index is -0.882. The highest BCUT2D eigenvalue weighted by Gasteiger charge is 2.42. The number of benzene rings is 1. The number of urea groups is 1. The van der Waals surface area contributed by atoms with Crippen LogP contribution in [0.3, 0.4) is 0 Å². The van der Waals surface area contributed by atoms with Crippen molar-refractivity contribution in [2.45, 2.75) is 70.1 Å². The average molecular weight is 362 g/mol. The Morgan fingerprint density at radius 1 is 1.15 bits per heavy atom. The number of anilines is 1. The van der Waals surface area contributed by atoms with Crippen LogP contribution in [0.25, 0.3) is 0 Å². The highest BCUT2D eigenvalue weighted by atomic mass is 16.7. The lowest BCUT2D eigenvalue weighted by Crippen LogP contribution is -2.45. The minimum Gasteiger partial charge on any atom is -0.481 e. The Hall–Kier alpha value is -2.44. The molecule has 3 rings (SSSR count). The molecule has 7 heteroatoms. The van der Waals surface area contributed by atoms with Crippen LogP contribution in [0.2, 0.25) is 0 Å². The van der Waals surface area contributed by atoms with Crippen LogP contribution in [0, 0.1) is 0 Å². The van der Waals surface area contributed by atoms with Gasteiger partial charge in [0.25, 0.3) is 5.79 Å². The van der Waals surface area contributed by atoms with Crippen LogP contribution in [0.1, 0.15) is 58.8 Å². The molecule has 26 heavy (non-hydrogen) atoms. The smallest absolute Gasteiger partial charge is 0.319 e. The fraction of sp³-hybridized carbons (Fsp3) is 0.579. The monoisotopic (exact) mass is 362 g/mol. The van der Waals surface area contributed by atoms with Gasteiger partial charge in [0.15, 0.2) is 11.5 Å². The summed E-state index contributed by atoms with van der Waals surface area (Å²) in [6.45, 7) is 3.59. The summed E-state index contributed by atoms with van der Waals surface area (Å²) in [4.78, 5) is 22.9. The van der Waals surface area contributed by atoms with Crippen LogP contribution in [0.15, 0.2) is 18.2 Å². The predicted molar refractivity (Wildman–Crippen MR) is 96.6 cm³/mol. The summed E-state index contributed by atoms with van der Waals surface area (Å²) in [6, 6.07) is 4.96. The van der Waals surface area contributed by atoms with Gasteiger partial charge in [-0.3, -0.25) is 4.79 Å². The molecule has 1 saturated carbocycles. The van der Waals surface area contributed by atoms with Crippen LogP contribution in [-0.4, -0.2) is 28.4 Å². The van der Waals surface area contributed by atoms with Crippen molar-refractivity contribution in [3.05, 3.63) is 18.2 Å². The maximum Gasteiger partial charge on any atom is 0.319 e. The van der Waals surface area contributed by atoms with E-state index in [1.165, 1.54) is 6.42 Å². The van der Waals surface area contributed by atoms with Crippen molar-refractivity contribution < 1.29 is 24.2 Å². The number of aliphatic carboxylic acids is 1. The normalized spacial score (nSPS) is 17.8. The molecule has 3 N–H and O–H groups in total. The first kappa shape index (κ1) is 18.4. The van der Waals surface area contributed by atoms with Crippen LogP contribution in [0.5, 0.6) is 11.5 Å². The number of carbonyl (C=O) groups is 2. The molecule has 1 aromatic rings. The molecule has 2 amide bonds. The van der Waals surface area contributed by atoms with E-state index >= 15 is 0 Å². The molecule has 0 aromatic heterocycles. The third kappa shape index (κ3) is 4.39. The van der Waals surface area contributed by atoms with Gasteiger partial charge in [-0.25, -0.2) is 4.79 Å². The van der Waals surface area contributed by atoms with E-state index in [2.05, 4.69) is 10.6 Å². The number of fused-ring (bicyclic) bond motifs is 1. The van der Waals surface area contributed by atoms with Crippen molar-refractivity contribution in [2.24, 2.45) is 0 Å². The Morgan fingerprint density at radius 3 is 2.54 bits per heavy atom. The first-order valence-corrected chi connectivity index (χ1v) is 9.10. The molecular formula is C19H26N2O5. The Bertz CT molecular complexity index is 695. The third-order valence-corrected chi connectivity index (χ3v) is 4.82. The van der Waals surface area contributed by atoms with Crippen LogP contribution in [-0.2, 0) is 4.79 Å². The lowest BCUT2D eigenvalue weighted by molar-refractivity contribution is -0.137. The van der Waals surface area contributed by atoms with E-state index < -0.39 is 17.3 Å². The Kier molecular flexibility index (Phi) is 4.98. The van der Waals surface area contributed by atoms with E-state index in [1.54, 1.807) is 26.0 Å². The van der Waals surface area contributed by atoms with Crippen molar-refractivity contribution in [3.8, 4) is 11.5 Å². The molecule has 0 unspecified atom stereocenters. The van der Waals surface area contributed by atoms with E-state index in [0.717, 1.165) is 25.7 Å². The number of hydrogen-bond acceptors (Lipinski definition) is 4. The third-order valence-electron chi connectivity index (χ3n) is 4.82. The topological polar surface area (TPSA) is 96.9 Å². The Labute approximate surface area is 153 Å². The number of amides is 2. The van der Waals surface area contributed by atoms with E-state index in [0.29, 0.717) is 23.6 Å². The molecule has 1 fully saturated rings. The lowest BCUT2D eigenvalue weighted by atomic mass is 9.94. The number of hydrogen-bond donors (Lipinski definition) is 3. The van der Waals surface area contributed by atoms with Crippen molar-refractivity contribution in [2.75, 3.05) is 5.32 Å². The quantitative estimate of drug-likeness (QED) is 0.738. The summed E-state index contributed by atoms with van der Waals surface area (Å²) >= 11 is 0. The summed E-state index contributed by atoms with van der Waals surface area (Å²) in [5.74, 6) is -0.0671. The molecule has 1 spiro atoms. The molecule has 0 radical (unpaired) electrons. The molecule has 7 nitrogen and oxygen atoms in total. The van der Waals surface area contributed by atoms with Gasteiger partial charge in [-0.15, -0.1) is 0 Å². The molecular weight excluding hydrogens is 336 g/mol. The molecule has 1 heterocycles. The molecule has 0 saturated heterocycles. The Balaban J connectivity index is 1.59.